The second kappa shape index (κ2) is 6.84. The molecule has 128 valence electrons. The van der Waals surface area contributed by atoms with Crippen molar-refractivity contribution in [3.05, 3.63) is 84.6 Å². The van der Waals surface area contributed by atoms with Crippen LogP contribution in [0, 0.1) is 0 Å². The van der Waals surface area contributed by atoms with Gasteiger partial charge in [0.15, 0.2) is 0 Å². The number of fused-ring (bicyclic) bond motifs is 1. The van der Waals surface area contributed by atoms with Crippen LogP contribution in [0.2, 0.25) is 0 Å². The summed E-state index contributed by atoms with van der Waals surface area (Å²) in [4.78, 5) is 14.6. The Bertz CT molecular complexity index is 1050. The monoisotopic (exact) mass is 342 g/mol. The van der Waals surface area contributed by atoms with Crippen LogP contribution in [0.4, 0.5) is 5.69 Å². The first-order valence-corrected chi connectivity index (χ1v) is 8.59. The number of aromatic nitrogens is 1. The highest BCUT2D eigenvalue weighted by Gasteiger charge is 2.21. The molecular formula is C22H18N2O2. The predicted octanol–water partition coefficient (Wildman–Crippen LogP) is 5.16. The van der Waals surface area contributed by atoms with Crippen LogP contribution in [-0.4, -0.2) is 17.6 Å². The molecule has 1 aromatic heterocycles. The Kier molecular flexibility index (Phi) is 4.23. The molecule has 0 aliphatic rings. The number of nitrogens with zero attached hydrogens (tertiary/aromatic N) is 2. The number of rotatable bonds is 4. The van der Waals surface area contributed by atoms with Crippen molar-refractivity contribution in [3.8, 4) is 11.3 Å². The van der Waals surface area contributed by atoms with E-state index in [1.807, 2.05) is 73.7 Å². The quantitative estimate of drug-likeness (QED) is 0.514. The molecule has 0 atom stereocenters. The summed E-state index contributed by atoms with van der Waals surface area (Å²) in [6.07, 6.45) is 0. The summed E-state index contributed by atoms with van der Waals surface area (Å²) in [5.74, 6) is 0.0383. The third-order valence-corrected chi connectivity index (χ3v) is 4.40. The summed E-state index contributed by atoms with van der Waals surface area (Å²) in [5.41, 5.74) is 2.42. The van der Waals surface area contributed by atoms with Crippen LogP contribution in [0.15, 0.2) is 83.4 Å². The Hall–Kier alpha value is -3.40. The summed E-state index contributed by atoms with van der Waals surface area (Å²) >= 11 is 0. The number of carbonyl (C=O) groups is 1. The largest absolute Gasteiger partial charge is 0.350 e. The van der Waals surface area contributed by atoms with Gasteiger partial charge in [0.2, 0.25) is 5.76 Å². The SMILES string of the molecule is CCN(C(=O)c1cc(-c2ccccc2)no1)c1ccc2ccccc2c1. The van der Waals surface area contributed by atoms with Crippen molar-refractivity contribution >= 4 is 22.4 Å². The molecule has 0 saturated carbocycles. The van der Waals surface area contributed by atoms with Crippen LogP contribution in [0.1, 0.15) is 17.5 Å². The highest BCUT2D eigenvalue weighted by Crippen LogP contribution is 2.25. The lowest BCUT2D eigenvalue weighted by Crippen LogP contribution is -2.30. The van der Waals surface area contributed by atoms with Gasteiger partial charge >= 0.3 is 0 Å². The molecule has 0 saturated heterocycles. The van der Waals surface area contributed by atoms with Crippen LogP contribution < -0.4 is 4.90 Å². The highest BCUT2D eigenvalue weighted by atomic mass is 16.5. The first kappa shape index (κ1) is 16.1. The zero-order chi connectivity index (χ0) is 17.9. The van der Waals surface area contributed by atoms with Gasteiger partial charge in [-0.25, -0.2) is 0 Å². The molecule has 1 heterocycles. The minimum atomic E-state index is -0.197. The van der Waals surface area contributed by atoms with E-state index in [9.17, 15) is 4.79 Å². The van der Waals surface area contributed by atoms with Crippen molar-refractivity contribution in [3.63, 3.8) is 0 Å². The molecular weight excluding hydrogens is 324 g/mol. The number of carbonyl (C=O) groups excluding carboxylic acids is 1. The van der Waals surface area contributed by atoms with Gasteiger partial charge < -0.3 is 9.42 Å². The van der Waals surface area contributed by atoms with E-state index in [-0.39, 0.29) is 11.7 Å². The average Bonchev–Trinajstić information content (AvgIpc) is 3.19. The van der Waals surface area contributed by atoms with Gasteiger partial charge in [-0.15, -0.1) is 0 Å². The normalized spacial score (nSPS) is 10.8. The molecule has 4 rings (SSSR count). The van der Waals surface area contributed by atoms with Crippen molar-refractivity contribution in [2.75, 3.05) is 11.4 Å². The standard InChI is InChI=1S/C22H18N2O2/c1-2-24(19-13-12-16-8-6-7-11-18(16)14-19)22(25)21-15-20(23-26-21)17-9-4-3-5-10-17/h3-15H,2H2,1H3. The minimum Gasteiger partial charge on any atom is -0.350 e. The Morgan fingerprint density at radius 3 is 2.42 bits per heavy atom. The lowest BCUT2D eigenvalue weighted by atomic mass is 10.1. The fourth-order valence-corrected chi connectivity index (χ4v) is 3.04. The topological polar surface area (TPSA) is 46.3 Å². The number of hydrogen-bond donors (Lipinski definition) is 0. The van der Waals surface area contributed by atoms with E-state index in [1.165, 1.54) is 0 Å². The van der Waals surface area contributed by atoms with E-state index in [4.69, 9.17) is 4.52 Å². The zero-order valence-electron chi connectivity index (χ0n) is 14.4. The van der Waals surface area contributed by atoms with Crippen LogP contribution in [-0.2, 0) is 0 Å². The maximum atomic E-state index is 12.9. The van der Waals surface area contributed by atoms with Gasteiger partial charge in [-0.1, -0.05) is 65.8 Å². The van der Waals surface area contributed by atoms with E-state index >= 15 is 0 Å². The molecule has 4 aromatic rings. The molecule has 1 amide bonds. The van der Waals surface area contributed by atoms with E-state index in [2.05, 4.69) is 11.2 Å². The van der Waals surface area contributed by atoms with E-state index in [0.29, 0.717) is 12.2 Å². The van der Waals surface area contributed by atoms with E-state index in [1.54, 1.807) is 11.0 Å². The summed E-state index contributed by atoms with van der Waals surface area (Å²) in [7, 11) is 0. The fraction of sp³-hybridized carbons (Fsp3) is 0.0909. The van der Waals surface area contributed by atoms with Crippen molar-refractivity contribution in [1.29, 1.82) is 0 Å². The van der Waals surface area contributed by atoms with Gasteiger partial charge in [-0.05, 0) is 29.8 Å². The number of anilines is 1. The van der Waals surface area contributed by atoms with Gasteiger partial charge in [0.25, 0.3) is 5.91 Å². The lowest BCUT2D eigenvalue weighted by Gasteiger charge is -2.20. The minimum absolute atomic E-state index is 0.197. The van der Waals surface area contributed by atoms with Gasteiger partial charge in [0.05, 0.1) is 0 Å². The zero-order valence-corrected chi connectivity index (χ0v) is 14.4. The fourth-order valence-electron chi connectivity index (χ4n) is 3.04. The predicted molar refractivity (Wildman–Crippen MR) is 103 cm³/mol. The highest BCUT2D eigenvalue weighted by molar-refractivity contribution is 6.05. The first-order valence-electron chi connectivity index (χ1n) is 8.59. The van der Waals surface area contributed by atoms with Crippen LogP contribution >= 0.6 is 0 Å². The van der Waals surface area contributed by atoms with Crippen molar-refractivity contribution in [2.45, 2.75) is 6.92 Å². The van der Waals surface area contributed by atoms with E-state index in [0.717, 1.165) is 22.0 Å². The first-order chi connectivity index (χ1) is 12.8. The van der Waals surface area contributed by atoms with E-state index < -0.39 is 0 Å². The summed E-state index contributed by atoms with van der Waals surface area (Å²) < 4.78 is 5.33. The van der Waals surface area contributed by atoms with Crippen molar-refractivity contribution in [1.82, 2.24) is 5.16 Å². The van der Waals surface area contributed by atoms with Gasteiger partial charge in [0.1, 0.15) is 5.69 Å². The second-order valence-electron chi connectivity index (χ2n) is 6.02. The van der Waals surface area contributed by atoms with Gasteiger partial charge in [-0.3, -0.25) is 4.79 Å². The molecule has 0 fully saturated rings. The molecule has 0 bridgehead atoms. The Labute approximate surface area is 151 Å². The molecule has 0 N–H and O–H groups in total. The smallest absolute Gasteiger partial charge is 0.296 e. The van der Waals surface area contributed by atoms with Crippen molar-refractivity contribution < 1.29 is 9.32 Å². The Balaban J connectivity index is 1.66. The summed E-state index contributed by atoms with van der Waals surface area (Å²) in [6.45, 7) is 2.49. The third-order valence-electron chi connectivity index (χ3n) is 4.40. The molecule has 0 aliphatic heterocycles. The van der Waals surface area contributed by atoms with Crippen LogP contribution in [0.5, 0.6) is 0 Å². The average molecular weight is 342 g/mol. The van der Waals surface area contributed by atoms with Crippen LogP contribution in [0.25, 0.3) is 22.0 Å². The summed E-state index contributed by atoms with van der Waals surface area (Å²) in [6, 6.07) is 25.5. The molecule has 0 spiro atoms. The van der Waals surface area contributed by atoms with Crippen molar-refractivity contribution in [2.24, 2.45) is 0 Å². The molecule has 4 nitrogen and oxygen atoms in total. The maximum Gasteiger partial charge on any atom is 0.296 e. The lowest BCUT2D eigenvalue weighted by molar-refractivity contribution is 0.0953. The van der Waals surface area contributed by atoms with Crippen LogP contribution in [0.3, 0.4) is 0 Å². The molecule has 26 heavy (non-hydrogen) atoms. The molecule has 3 aromatic carbocycles. The number of amides is 1. The molecule has 0 aliphatic carbocycles. The Morgan fingerprint density at radius 1 is 0.923 bits per heavy atom. The Morgan fingerprint density at radius 2 is 1.65 bits per heavy atom. The second-order valence-corrected chi connectivity index (χ2v) is 6.02. The third kappa shape index (κ3) is 2.97. The molecule has 0 unspecified atom stereocenters. The molecule has 0 radical (unpaired) electrons. The summed E-state index contributed by atoms with van der Waals surface area (Å²) in [5, 5.41) is 6.29. The maximum absolute atomic E-state index is 12.9. The number of benzene rings is 3. The number of hydrogen-bond acceptors (Lipinski definition) is 3. The molecule has 4 heteroatoms. The van der Waals surface area contributed by atoms with Gasteiger partial charge in [-0.2, -0.15) is 0 Å². The van der Waals surface area contributed by atoms with Gasteiger partial charge in [0, 0.05) is 23.9 Å².